The minimum Gasteiger partial charge on any atom is -0.497 e. The first-order valence-corrected chi connectivity index (χ1v) is 10.8. The van der Waals surface area contributed by atoms with Crippen molar-refractivity contribution in [3.8, 4) is 5.75 Å². The molecule has 0 unspecified atom stereocenters. The van der Waals surface area contributed by atoms with Crippen molar-refractivity contribution in [3.63, 3.8) is 0 Å². The topological polar surface area (TPSA) is 75.7 Å². The van der Waals surface area contributed by atoms with Crippen LogP contribution in [0.2, 0.25) is 0 Å². The molecule has 0 fully saturated rings. The van der Waals surface area contributed by atoms with Crippen LogP contribution in [-0.2, 0) is 21.2 Å². The summed E-state index contributed by atoms with van der Waals surface area (Å²) in [6.07, 6.45) is 1.98. The van der Waals surface area contributed by atoms with E-state index >= 15 is 0 Å². The lowest BCUT2D eigenvalue weighted by Gasteiger charge is -2.31. The number of nitrogens with one attached hydrogen (secondary N) is 1. The number of benzene rings is 2. The van der Waals surface area contributed by atoms with E-state index in [4.69, 9.17) is 4.74 Å². The Labute approximate surface area is 166 Å². The summed E-state index contributed by atoms with van der Waals surface area (Å²) in [6, 6.07) is 11.9. The van der Waals surface area contributed by atoms with Gasteiger partial charge in [0.2, 0.25) is 5.91 Å². The number of sulfonamides is 1. The Bertz CT molecular complexity index is 953. The summed E-state index contributed by atoms with van der Waals surface area (Å²) >= 11 is 0. The molecule has 7 heteroatoms. The van der Waals surface area contributed by atoms with Crippen molar-refractivity contribution in [2.45, 2.75) is 38.0 Å². The summed E-state index contributed by atoms with van der Waals surface area (Å²) in [4.78, 5) is 12.3. The molecule has 0 atom stereocenters. The molecule has 2 aromatic carbocycles. The molecule has 0 bridgehead atoms. The van der Waals surface area contributed by atoms with Gasteiger partial charge in [-0.25, -0.2) is 8.42 Å². The summed E-state index contributed by atoms with van der Waals surface area (Å²) in [5.74, 6) is 0.785. The molecule has 0 aliphatic carbocycles. The van der Waals surface area contributed by atoms with E-state index in [2.05, 4.69) is 5.32 Å². The normalized spacial score (nSPS) is 13.9. The summed E-state index contributed by atoms with van der Waals surface area (Å²) in [5, 5.41) is 2.87. The monoisotopic (exact) mass is 402 g/mol. The number of hydrogen-bond donors (Lipinski definition) is 1. The molecule has 150 valence electrons. The molecule has 0 aromatic heterocycles. The van der Waals surface area contributed by atoms with Gasteiger partial charge in [-0.1, -0.05) is 19.9 Å². The van der Waals surface area contributed by atoms with Gasteiger partial charge in [0.1, 0.15) is 5.75 Å². The predicted molar refractivity (Wildman–Crippen MR) is 110 cm³/mol. The first kappa shape index (κ1) is 20.2. The molecule has 1 amide bonds. The van der Waals surface area contributed by atoms with E-state index in [1.165, 1.54) is 4.31 Å². The second-order valence-corrected chi connectivity index (χ2v) is 9.21. The lowest BCUT2D eigenvalue weighted by molar-refractivity contribution is -0.116. The Kier molecular flexibility index (Phi) is 5.93. The van der Waals surface area contributed by atoms with Crippen LogP contribution < -0.4 is 14.4 Å². The van der Waals surface area contributed by atoms with Gasteiger partial charge < -0.3 is 10.1 Å². The van der Waals surface area contributed by atoms with Crippen LogP contribution in [0, 0.1) is 5.92 Å². The van der Waals surface area contributed by atoms with Crippen LogP contribution in [0.4, 0.5) is 11.4 Å². The fourth-order valence-electron chi connectivity index (χ4n) is 3.33. The van der Waals surface area contributed by atoms with Gasteiger partial charge >= 0.3 is 0 Å². The van der Waals surface area contributed by atoms with E-state index in [9.17, 15) is 13.2 Å². The van der Waals surface area contributed by atoms with Crippen molar-refractivity contribution in [2.24, 2.45) is 5.92 Å². The number of methoxy groups -OCH3 is 1. The molecular weight excluding hydrogens is 376 g/mol. The summed E-state index contributed by atoms with van der Waals surface area (Å²) in [5.41, 5.74) is 2.20. The molecule has 0 saturated carbocycles. The van der Waals surface area contributed by atoms with Gasteiger partial charge in [0.05, 0.1) is 17.7 Å². The third-order valence-corrected chi connectivity index (χ3v) is 6.51. The van der Waals surface area contributed by atoms with Crippen molar-refractivity contribution in [3.05, 3.63) is 48.0 Å². The first-order valence-electron chi connectivity index (χ1n) is 9.41. The maximum atomic E-state index is 13.2. The first-order chi connectivity index (χ1) is 13.3. The molecule has 28 heavy (non-hydrogen) atoms. The number of rotatable bonds is 6. The summed E-state index contributed by atoms with van der Waals surface area (Å²) in [6.45, 7) is 4.37. The van der Waals surface area contributed by atoms with E-state index in [0.29, 0.717) is 30.1 Å². The molecule has 0 radical (unpaired) electrons. The predicted octanol–water partition coefficient (Wildman–Crippen LogP) is 3.82. The number of carbonyl (C=O) groups excluding carboxylic acids is 1. The van der Waals surface area contributed by atoms with Gasteiger partial charge in [-0.15, -0.1) is 0 Å². The molecule has 1 aliphatic rings. The standard InChI is InChI=1S/C21H26N2O4S/c1-15(2)13-21(24)22-17-7-6-16-5-4-12-23(20(16)14-17)28(25,26)19-10-8-18(27-3)9-11-19/h6-11,14-15H,4-5,12-13H2,1-3H3,(H,22,24). The Hall–Kier alpha value is -2.54. The van der Waals surface area contributed by atoms with Gasteiger partial charge in [0.25, 0.3) is 10.0 Å². The number of hydrogen-bond acceptors (Lipinski definition) is 4. The molecule has 1 aliphatic heterocycles. The van der Waals surface area contributed by atoms with Gasteiger partial charge in [0, 0.05) is 18.7 Å². The van der Waals surface area contributed by atoms with Gasteiger partial charge in [0.15, 0.2) is 0 Å². The SMILES string of the molecule is COc1ccc(S(=O)(=O)N2CCCc3ccc(NC(=O)CC(C)C)cc32)cc1. The fourth-order valence-corrected chi connectivity index (χ4v) is 4.86. The number of ether oxygens (including phenoxy) is 1. The second kappa shape index (κ2) is 8.22. The lowest BCUT2D eigenvalue weighted by Crippen LogP contribution is -2.35. The molecule has 6 nitrogen and oxygen atoms in total. The summed E-state index contributed by atoms with van der Waals surface area (Å²) < 4.78 is 33.0. The largest absolute Gasteiger partial charge is 0.497 e. The fraction of sp³-hybridized carbons (Fsp3) is 0.381. The van der Waals surface area contributed by atoms with E-state index in [1.807, 2.05) is 26.0 Å². The zero-order chi connectivity index (χ0) is 20.3. The van der Waals surface area contributed by atoms with E-state index in [-0.39, 0.29) is 16.7 Å². The Morgan fingerprint density at radius 3 is 2.54 bits per heavy atom. The third-order valence-electron chi connectivity index (χ3n) is 4.69. The maximum Gasteiger partial charge on any atom is 0.264 e. The molecule has 1 N–H and O–H groups in total. The summed E-state index contributed by atoms with van der Waals surface area (Å²) in [7, 11) is -2.16. The molecule has 0 spiro atoms. The number of anilines is 2. The van der Waals surface area contributed by atoms with Crippen LogP contribution in [0.3, 0.4) is 0 Å². The van der Waals surface area contributed by atoms with Gasteiger partial charge in [-0.05, 0) is 60.7 Å². The Morgan fingerprint density at radius 2 is 1.89 bits per heavy atom. The van der Waals surface area contributed by atoms with E-state index in [1.54, 1.807) is 37.4 Å². The quantitative estimate of drug-likeness (QED) is 0.797. The number of aryl methyl sites for hydroxylation is 1. The number of nitrogens with zero attached hydrogens (tertiary/aromatic N) is 1. The molecule has 2 aromatic rings. The number of fused-ring (bicyclic) bond motifs is 1. The molecule has 3 rings (SSSR count). The lowest BCUT2D eigenvalue weighted by atomic mass is 10.0. The zero-order valence-electron chi connectivity index (χ0n) is 16.4. The highest BCUT2D eigenvalue weighted by molar-refractivity contribution is 7.92. The highest BCUT2D eigenvalue weighted by Gasteiger charge is 2.29. The van der Waals surface area contributed by atoms with E-state index in [0.717, 1.165) is 18.4 Å². The maximum absolute atomic E-state index is 13.2. The minimum absolute atomic E-state index is 0.0738. The molecule has 1 heterocycles. The van der Waals surface area contributed by atoms with Crippen LogP contribution in [0.25, 0.3) is 0 Å². The molecule has 0 saturated heterocycles. The average molecular weight is 403 g/mol. The highest BCUT2D eigenvalue weighted by Crippen LogP contribution is 2.34. The van der Waals surface area contributed by atoms with Crippen molar-refractivity contribution in [1.82, 2.24) is 0 Å². The van der Waals surface area contributed by atoms with Crippen molar-refractivity contribution in [2.75, 3.05) is 23.3 Å². The third kappa shape index (κ3) is 4.30. The highest BCUT2D eigenvalue weighted by atomic mass is 32.2. The van der Waals surface area contributed by atoms with E-state index < -0.39 is 10.0 Å². The zero-order valence-corrected chi connectivity index (χ0v) is 17.3. The van der Waals surface area contributed by atoms with Crippen molar-refractivity contribution in [1.29, 1.82) is 0 Å². The van der Waals surface area contributed by atoms with Crippen molar-refractivity contribution >= 4 is 27.3 Å². The van der Waals surface area contributed by atoms with Crippen LogP contribution >= 0.6 is 0 Å². The van der Waals surface area contributed by atoms with Gasteiger partial charge in [-0.2, -0.15) is 0 Å². The number of amides is 1. The average Bonchev–Trinajstić information content (AvgIpc) is 2.66. The number of carbonyl (C=O) groups is 1. The van der Waals surface area contributed by atoms with Gasteiger partial charge in [-0.3, -0.25) is 9.10 Å². The second-order valence-electron chi connectivity index (χ2n) is 7.35. The van der Waals surface area contributed by atoms with Crippen molar-refractivity contribution < 1.29 is 17.9 Å². The Balaban J connectivity index is 1.92. The van der Waals surface area contributed by atoms with Crippen LogP contribution in [0.15, 0.2) is 47.4 Å². The molecular formula is C21H26N2O4S. The van der Waals surface area contributed by atoms with Crippen LogP contribution in [-0.4, -0.2) is 28.0 Å². The Morgan fingerprint density at radius 1 is 1.18 bits per heavy atom. The smallest absolute Gasteiger partial charge is 0.264 e. The minimum atomic E-state index is -3.70. The van der Waals surface area contributed by atoms with Crippen LogP contribution in [0.5, 0.6) is 5.75 Å². The van der Waals surface area contributed by atoms with Crippen LogP contribution in [0.1, 0.15) is 32.3 Å².